The van der Waals surface area contributed by atoms with Gasteiger partial charge >= 0.3 is 0 Å². The molecule has 33 heavy (non-hydrogen) atoms. The molecule has 1 fully saturated rings. The number of anilines is 3. The van der Waals surface area contributed by atoms with Gasteiger partial charge in [0, 0.05) is 54.4 Å². The van der Waals surface area contributed by atoms with Gasteiger partial charge < -0.3 is 19.9 Å². The standard InChI is InChI=1S/C26H26ClN5O/c1-33-24-12-5-2-7-19(24)18-28-25-22-10-3-4-11-23(22)29-26(30-25)32-15-13-31(14-16-32)21-9-6-8-20(27)17-21/h2-12,17H,13-16,18H2,1H3,(H,28,29,30). The molecule has 0 radical (unpaired) electrons. The Hall–Kier alpha value is -3.51. The van der Waals surface area contributed by atoms with E-state index in [0.717, 1.165) is 70.9 Å². The van der Waals surface area contributed by atoms with Crippen LogP contribution in [0.1, 0.15) is 5.56 Å². The summed E-state index contributed by atoms with van der Waals surface area (Å²) in [5.74, 6) is 2.45. The molecule has 0 unspecified atom stereocenters. The summed E-state index contributed by atoms with van der Waals surface area (Å²) in [7, 11) is 1.69. The van der Waals surface area contributed by atoms with Crippen LogP contribution >= 0.6 is 11.6 Å². The summed E-state index contributed by atoms with van der Waals surface area (Å²) in [4.78, 5) is 14.4. The summed E-state index contributed by atoms with van der Waals surface area (Å²) >= 11 is 6.18. The zero-order valence-corrected chi connectivity index (χ0v) is 19.3. The van der Waals surface area contributed by atoms with Gasteiger partial charge in [-0.1, -0.05) is 48.0 Å². The number of nitrogens with zero attached hydrogens (tertiary/aromatic N) is 4. The summed E-state index contributed by atoms with van der Waals surface area (Å²) in [5, 5.41) is 5.29. The maximum absolute atomic E-state index is 6.18. The van der Waals surface area contributed by atoms with Crippen molar-refractivity contribution in [3.05, 3.63) is 83.4 Å². The molecule has 0 atom stereocenters. The van der Waals surface area contributed by atoms with Gasteiger partial charge in [-0.05, 0) is 36.4 Å². The van der Waals surface area contributed by atoms with Crippen LogP contribution in [0.3, 0.4) is 0 Å². The van der Waals surface area contributed by atoms with E-state index >= 15 is 0 Å². The first kappa shape index (κ1) is 21.3. The average Bonchev–Trinajstić information content (AvgIpc) is 2.87. The van der Waals surface area contributed by atoms with Crippen LogP contribution in [0, 0.1) is 0 Å². The van der Waals surface area contributed by atoms with Crippen LogP contribution in [-0.4, -0.2) is 43.3 Å². The van der Waals surface area contributed by atoms with Crippen LogP contribution in [0.5, 0.6) is 5.75 Å². The quantitative estimate of drug-likeness (QED) is 0.426. The maximum Gasteiger partial charge on any atom is 0.228 e. The molecule has 0 bridgehead atoms. The van der Waals surface area contributed by atoms with Crippen molar-refractivity contribution >= 4 is 40.0 Å². The molecule has 168 valence electrons. The molecule has 1 aromatic heterocycles. The maximum atomic E-state index is 6.18. The number of rotatable bonds is 6. The first-order valence-electron chi connectivity index (χ1n) is 11.1. The second-order valence-electron chi connectivity index (χ2n) is 8.01. The summed E-state index contributed by atoms with van der Waals surface area (Å²) in [6, 6.07) is 24.2. The molecule has 0 saturated carbocycles. The number of nitrogens with one attached hydrogen (secondary N) is 1. The van der Waals surface area contributed by atoms with Gasteiger partial charge in [-0.3, -0.25) is 0 Å². The third-order valence-corrected chi connectivity index (χ3v) is 6.20. The van der Waals surface area contributed by atoms with E-state index in [2.05, 4.69) is 33.3 Å². The first-order chi connectivity index (χ1) is 16.2. The molecule has 0 spiro atoms. The molecule has 1 N–H and O–H groups in total. The van der Waals surface area contributed by atoms with E-state index in [1.165, 1.54) is 0 Å². The van der Waals surface area contributed by atoms with E-state index in [4.69, 9.17) is 26.3 Å². The molecule has 1 saturated heterocycles. The molecule has 2 heterocycles. The van der Waals surface area contributed by atoms with E-state index in [0.29, 0.717) is 6.54 Å². The molecule has 1 aliphatic rings. The minimum Gasteiger partial charge on any atom is -0.496 e. The molecular weight excluding hydrogens is 434 g/mol. The van der Waals surface area contributed by atoms with E-state index in [9.17, 15) is 0 Å². The topological polar surface area (TPSA) is 53.5 Å². The Morgan fingerprint density at radius 2 is 1.64 bits per heavy atom. The molecule has 4 aromatic rings. The Morgan fingerprint density at radius 1 is 0.879 bits per heavy atom. The van der Waals surface area contributed by atoms with Crippen LogP contribution < -0.4 is 19.9 Å². The minimum absolute atomic E-state index is 0.618. The molecular formula is C26H26ClN5O. The number of aromatic nitrogens is 2. The largest absolute Gasteiger partial charge is 0.496 e. The summed E-state index contributed by atoms with van der Waals surface area (Å²) < 4.78 is 5.50. The second kappa shape index (κ2) is 9.55. The van der Waals surface area contributed by atoms with Crippen molar-refractivity contribution in [2.24, 2.45) is 0 Å². The molecule has 1 aliphatic heterocycles. The van der Waals surface area contributed by atoms with Crippen molar-refractivity contribution in [1.82, 2.24) is 9.97 Å². The monoisotopic (exact) mass is 459 g/mol. The van der Waals surface area contributed by atoms with Gasteiger partial charge in [0.15, 0.2) is 0 Å². The van der Waals surface area contributed by atoms with Gasteiger partial charge in [0.25, 0.3) is 0 Å². The normalized spacial score (nSPS) is 13.9. The Labute approximate surface area is 198 Å². The molecule has 7 heteroatoms. The van der Waals surface area contributed by atoms with Gasteiger partial charge in [-0.15, -0.1) is 0 Å². The Balaban J connectivity index is 1.37. The predicted octanol–water partition coefficient (Wildman–Crippen LogP) is 5.23. The number of piperazine rings is 1. The van der Waals surface area contributed by atoms with Crippen molar-refractivity contribution in [3.63, 3.8) is 0 Å². The SMILES string of the molecule is COc1ccccc1CNc1nc(N2CCN(c3cccc(Cl)c3)CC2)nc2ccccc12. The van der Waals surface area contributed by atoms with Gasteiger partial charge in [-0.2, -0.15) is 4.98 Å². The lowest BCUT2D eigenvalue weighted by Crippen LogP contribution is -2.47. The van der Waals surface area contributed by atoms with Gasteiger partial charge in [0.05, 0.1) is 12.6 Å². The number of benzene rings is 3. The Morgan fingerprint density at radius 3 is 2.45 bits per heavy atom. The first-order valence-corrected chi connectivity index (χ1v) is 11.5. The second-order valence-corrected chi connectivity index (χ2v) is 8.45. The van der Waals surface area contributed by atoms with Gasteiger partial charge in [0.1, 0.15) is 11.6 Å². The van der Waals surface area contributed by atoms with E-state index in [1.807, 2.05) is 54.6 Å². The highest BCUT2D eigenvalue weighted by molar-refractivity contribution is 6.30. The lowest BCUT2D eigenvalue weighted by Gasteiger charge is -2.36. The van der Waals surface area contributed by atoms with Crippen LogP contribution in [0.25, 0.3) is 10.9 Å². The van der Waals surface area contributed by atoms with Crippen molar-refractivity contribution in [3.8, 4) is 5.75 Å². The zero-order chi connectivity index (χ0) is 22.6. The minimum atomic E-state index is 0.618. The number of ether oxygens (including phenoxy) is 1. The number of halogens is 1. The Kier molecular flexibility index (Phi) is 6.17. The predicted molar refractivity (Wildman–Crippen MR) is 136 cm³/mol. The molecule has 3 aromatic carbocycles. The van der Waals surface area contributed by atoms with E-state index in [-0.39, 0.29) is 0 Å². The van der Waals surface area contributed by atoms with Gasteiger partial charge in [-0.25, -0.2) is 4.98 Å². The van der Waals surface area contributed by atoms with E-state index in [1.54, 1.807) is 7.11 Å². The van der Waals surface area contributed by atoms with Crippen LogP contribution in [-0.2, 0) is 6.54 Å². The fraction of sp³-hybridized carbons (Fsp3) is 0.231. The lowest BCUT2D eigenvalue weighted by molar-refractivity contribution is 0.410. The molecule has 0 amide bonds. The fourth-order valence-electron chi connectivity index (χ4n) is 4.21. The number of fused-ring (bicyclic) bond motifs is 1. The molecule has 0 aliphatic carbocycles. The van der Waals surface area contributed by atoms with Crippen molar-refractivity contribution in [2.75, 3.05) is 48.4 Å². The van der Waals surface area contributed by atoms with Crippen LogP contribution in [0.4, 0.5) is 17.5 Å². The average molecular weight is 460 g/mol. The van der Waals surface area contributed by atoms with Crippen molar-refractivity contribution in [2.45, 2.75) is 6.54 Å². The summed E-state index contributed by atoms with van der Waals surface area (Å²) in [6.45, 7) is 4.08. The third kappa shape index (κ3) is 4.66. The highest BCUT2D eigenvalue weighted by Gasteiger charge is 2.21. The highest BCUT2D eigenvalue weighted by Crippen LogP contribution is 2.27. The van der Waals surface area contributed by atoms with E-state index < -0.39 is 0 Å². The summed E-state index contributed by atoms with van der Waals surface area (Å²) in [6.07, 6.45) is 0. The number of para-hydroxylation sites is 2. The Bertz CT molecular complexity index is 1260. The lowest BCUT2D eigenvalue weighted by atomic mass is 10.2. The smallest absolute Gasteiger partial charge is 0.228 e. The highest BCUT2D eigenvalue weighted by atomic mass is 35.5. The summed E-state index contributed by atoms with van der Waals surface area (Å²) in [5.41, 5.74) is 3.17. The number of hydrogen-bond donors (Lipinski definition) is 1. The van der Waals surface area contributed by atoms with Crippen LogP contribution in [0.15, 0.2) is 72.8 Å². The van der Waals surface area contributed by atoms with Crippen LogP contribution in [0.2, 0.25) is 5.02 Å². The number of hydrogen-bond acceptors (Lipinski definition) is 6. The van der Waals surface area contributed by atoms with Gasteiger partial charge in [0.2, 0.25) is 5.95 Å². The number of methoxy groups -OCH3 is 1. The molecule has 5 rings (SSSR count). The molecule has 6 nitrogen and oxygen atoms in total. The fourth-order valence-corrected chi connectivity index (χ4v) is 4.39. The van der Waals surface area contributed by atoms with Crippen molar-refractivity contribution < 1.29 is 4.74 Å². The third-order valence-electron chi connectivity index (χ3n) is 5.97. The zero-order valence-electron chi connectivity index (χ0n) is 18.5. The van der Waals surface area contributed by atoms with Crippen molar-refractivity contribution in [1.29, 1.82) is 0 Å².